The van der Waals surface area contributed by atoms with Crippen LogP contribution in [-0.2, 0) is 10.0 Å². The number of ether oxygens (including phenoxy) is 1. The van der Waals surface area contributed by atoms with Gasteiger partial charge < -0.3 is 4.74 Å². The number of carbonyl (C=O) groups excluding carboxylic acids is 1. The minimum Gasteiger partial charge on any atom is -0.497 e. The Morgan fingerprint density at radius 2 is 1.76 bits per heavy atom. The van der Waals surface area contributed by atoms with Gasteiger partial charge in [-0.1, -0.05) is 29.8 Å². The van der Waals surface area contributed by atoms with E-state index in [1.54, 1.807) is 59.9 Å². The van der Waals surface area contributed by atoms with E-state index < -0.39 is 10.0 Å². The highest BCUT2D eigenvalue weighted by atomic mass is 32.2. The predicted octanol–water partition coefficient (Wildman–Crippen LogP) is 3.84. The van der Waals surface area contributed by atoms with E-state index in [9.17, 15) is 13.2 Å². The van der Waals surface area contributed by atoms with E-state index in [1.807, 2.05) is 13.0 Å². The molecule has 0 amide bonds. The van der Waals surface area contributed by atoms with Crippen LogP contribution < -0.4 is 4.74 Å². The molecule has 1 aliphatic heterocycles. The Labute approximate surface area is 172 Å². The number of carbonyl (C=O) groups is 1. The van der Waals surface area contributed by atoms with Crippen molar-refractivity contribution in [2.24, 2.45) is 11.8 Å². The Morgan fingerprint density at radius 3 is 2.41 bits per heavy atom. The summed E-state index contributed by atoms with van der Waals surface area (Å²) in [6.07, 6.45) is 5.66. The third-order valence-electron chi connectivity index (χ3n) is 5.98. The molecule has 2 aromatic carbocycles. The van der Waals surface area contributed by atoms with Crippen molar-refractivity contribution in [3.05, 3.63) is 71.8 Å². The molecule has 0 radical (unpaired) electrons. The zero-order valence-corrected chi connectivity index (χ0v) is 17.4. The zero-order valence-electron chi connectivity index (χ0n) is 16.6. The van der Waals surface area contributed by atoms with Gasteiger partial charge in [-0.15, -0.1) is 0 Å². The fraction of sp³-hybridized carbons (Fsp3) is 0.348. The maximum absolute atomic E-state index is 13.4. The van der Waals surface area contributed by atoms with Crippen molar-refractivity contribution in [1.82, 2.24) is 4.31 Å². The Hall–Kier alpha value is -2.44. The number of nitrogens with zero attached hydrogens (tertiary/aromatic N) is 1. The lowest BCUT2D eigenvalue weighted by atomic mass is 9.81. The largest absolute Gasteiger partial charge is 0.497 e. The van der Waals surface area contributed by atoms with Crippen LogP contribution >= 0.6 is 0 Å². The van der Waals surface area contributed by atoms with Crippen molar-refractivity contribution in [1.29, 1.82) is 0 Å². The molecule has 0 unspecified atom stereocenters. The minimum absolute atomic E-state index is 0.0178. The molecular weight excluding hydrogens is 386 g/mol. The molecule has 5 nitrogen and oxygen atoms in total. The van der Waals surface area contributed by atoms with Crippen LogP contribution in [-0.4, -0.2) is 38.2 Å². The molecule has 0 saturated carbocycles. The SMILES string of the molecule is COc1ccc(C(=O)[C@H]2CN(S(=O)(=O)c3ccc(C)cc3)[C@@H]3CCC=C[C@H]23)cc1. The van der Waals surface area contributed by atoms with E-state index in [4.69, 9.17) is 4.74 Å². The topological polar surface area (TPSA) is 63.7 Å². The third-order valence-corrected chi connectivity index (χ3v) is 7.89. The molecule has 152 valence electrons. The van der Waals surface area contributed by atoms with Crippen molar-refractivity contribution in [3.8, 4) is 5.75 Å². The molecule has 2 aliphatic rings. The lowest BCUT2D eigenvalue weighted by molar-refractivity contribution is 0.0908. The number of Topliss-reactive ketones (excluding diaryl/α,β-unsaturated/α-hetero) is 1. The molecule has 0 N–H and O–H groups in total. The lowest BCUT2D eigenvalue weighted by Gasteiger charge is -2.28. The number of hydrogen-bond acceptors (Lipinski definition) is 4. The summed E-state index contributed by atoms with van der Waals surface area (Å²) in [6, 6.07) is 13.8. The number of allylic oxidation sites excluding steroid dienone is 1. The average Bonchev–Trinajstić information content (AvgIpc) is 3.14. The smallest absolute Gasteiger partial charge is 0.243 e. The van der Waals surface area contributed by atoms with Gasteiger partial charge in [0.1, 0.15) is 5.75 Å². The number of rotatable bonds is 5. The van der Waals surface area contributed by atoms with E-state index in [1.165, 1.54) is 0 Å². The molecule has 0 spiro atoms. The maximum atomic E-state index is 13.4. The molecule has 3 atom stereocenters. The summed E-state index contributed by atoms with van der Waals surface area (Å²) in [5.41, 5.74) is 1.60. The number of benzene rings is 2. The summed E-state index contributed by atoms with van der Waals surface area (Å²) in [7, 11) is -2.08. The maximum Gasteiger partial charge on any atom is 0.243 e. The Bertz CT molecular complexity index is 1030. The van der Waals surface area contributed by atoms with Crippen LogP contribution in [0.2, 0.25) is 0 Å². The van der Waals surface area contributed by atoms with Crippen LogP contribution in [0, 0.1) is 18.8 Å². The highest BCUT2D eigenvalue weighted by molar-refractivity contribution is 7.89. The first-order valence-corrected chi connectivity index (χ1v) is 11.3. The van der Waals surface area contributed by atoms with Gasteiger partial charge >= 0.3 is 0 Å². The normalized spacial score (nSPS) is 24.3. The van der Waals surface area contributed by atoms with Gasteiger partial charge in [-0.2, -0.15) is 4.31 Å². The molecule has 1 saturated heterocycles. The van der Waals surface area contributed by atoms with E-state index in [0.29, 0.717) is 11.3 Å². The summed E-state index contributed by atoms with van der Waals surface area (Å²) in [5.74, 6) is 0.187. The van der Waals surface area contributed by atoms with Crippen molar-refractivity contribution < 1.29 is 17.9 Å². The van der Waals surface area contributed by atoms with Crippen LogP contribution in [0.1, 0.15) is 28.8 Å². The monoisotopic (exact) mass is 411 g/mol. The van der Waals surface area contributed by atoms with E-state index in [-0.39, 0.29) is 35.1 Å². The Balaban J connectivity index is 1.66. The van der Waals surface area contributed by atoms with Gasteiger partial charge in [0, 0.05) is 30.0 Å². The second kappa shape index (κ2) is 7.76. The van der Waals surface area contributed by atoms with Gasteiger partial charge in [-0.05, 0) is 56.2 Å². The van der Waals surface area contributed by atoms with Crippen LogP contribution in [0.25, 0.3) is 0 Å². The second-order valence-electron chi connectivity index (χ2n) is 7.74. The lowest BCUT2D eigenvalue weighted by Crippen LogP contribution is -2.38. The fourth-order valence-electron chi connectivity index (χ4n) is 4.38. The quantitative estimate of drug-likeness (QED) is 0.554. The second-order valence-corrected chi connectivity index (χ2v) is 9.63. The molecule has 29 heavy (non-hydrogen) atoms. The van der Waals surface area contributed by atoms with Crippen LogP contribution in [0.3, 0.4) is 0 Å². The van der Waals surface area contributed by atoms with Crippen molar-refractivity contribution >= 4 is 15.8 Å². The standard InChI is InChI=1S/C23H25NO4S/c1-16-7-13-19(14-8-16)29(26,27)24-15-21(20-5-3-4-6-22(20)24)23(25)17-9-11-18(28-2)12-10-17/h3,5,7-14,20-22H,4,6,15H2,1-2H3/t20-,21+,22-/m1/s1. The predicted molar refractivity (Wildman–Crippen MR) is 112 cm³/mol. The molecule has 1 aliphatic carbocycles. The Kier molecular flexibility index (Phi) is 5.32. The molecule has 1 heterocycles. The highest BCUT2D eigenvalue weighted by Crippen LogP contribution is 2.41. The molecular formula is C23H25NO4S. The summed E-state index contributed by atoms with van der Waals surface area (Å²) >= 11 is 0. The van der Waals surface area contributed by atoms with E-state index in [2.05, 4.69) is 6.08 Å². The van der Waals surface area contributed by atoms with Gasteiger partial charge in [-0.25, -0.2) is 8.42 Å². The van der Waals surface area contributed by atoms with Gasteiger partial charge in [0.15, 0.2) is 5.78 Å². The summed E-state index contributed by atoms with van der Waals surface area (Å²) in [6.45, 7) is 2.14. The van der Waals surface area contributed by atoms with Crippen LogP contribution in [0.4, 0.5) is 0 Å². The third kappa shape index (κ3) is 3.63. The first-order valence-electron chi connectivity index (χ1n) is 9.85. The number of hydrogen-bond donors (Lipinski definition) is 0. The van der Waals surface area contributed by atoms with Crippen molar-refractivity contribution in [3.63, 3.8) is 0 Å². The van der Waals surface area contributed by atoms with E-state index >= 15 is 0 Å². The fourth-order valence-corrected chi connectivity index (χ4v) is 6.09. The van der Waals surface area contributed by atoms with Crippen LogP contribution in [0.15, 0.2) is 65.6 Å². The zero-order chi connectivity index (χ0) is 20.6. The number of ketones is 1. The highest BCUT2D eigenvalue weighted by Gasteiger charge is 2.49. The minimum atomic E-state index is -3.66. The summed E-state index contributed by atoms with van der Waals surface area (Å²) in [4.78, 5) is 13.5. The Morgan fingerprint density at radius 1 is 1.07 bits per heavy atom. The average molecular weight is 412 g/mol. The first-order chi connectivity index (χ1) is 13.9. The van der Waals surface area contributed by atoms with Gasteiger partial charge in [0.05, 0.1) is 12.0 Å². The summed E-state index contributed by atoms with van der Waals surface area (Å²) < 4.78 is 33.4. The molecule has 6 heteroatoms. The number of aryl methyl sites for hydroxylation is 1. The molecule has 4 rings (SSSR count). The number of fused-ring (bicyclic) bond motifs is 1. The van der Waals surface area contributed by atoms with Crippen LogP contribution in [0.5, 0.6) is 5.75 Å². The van der Waals surface area contributed by atoms with Gasteiger partial charge in [-0.3, -0.25) is 4.79 Å². The van der Waals surface area contributed by atoms with Gasteiger partial charge in [0.2, 0.25) is 10.0 Å². The van der Waals surface area contributed by atoms with Crippen molar-refractivity contribution in [2.75, 3.05) is 13.7 Å². The summed E-state index contributed by atoms with van der Waals surface area (Å²) in [5, 5.41) is 0. The molecule has 0 bridgehead atoms. The molecule has 0 aromatic heterocycles. The number of sulfonamides is 1. The first kappa shape index (κ1) is 19.9. The molecule has 1 fully saturated rings. The van der Waals surface area contributed by atoms with Gasteiger partial charge in [0.25, 0.3) is 0 Å². The number of methoxy groups -OCH3 is 1. The van der Waals surface area contributed by atoms with E-state index in [0.717, 1.165) is 18.4 Å². The molecule has 2 aromatic rings. The van der Waals surface area contributed by atoms with Crippen molar-refractivity contribution in [2.45, 2.75) is 30.7 Å².